The Morgan fingerprint density at radius 2 is 1.09 bits per heavy atom. The fourth-order valence-corrected chi connectivity index (χ4v) is 5.18. The van der Waals surface area contributed by atoms with Crippen LogP contribution in [-0.4, -0.2) is 22.2 Å². The van der Waals surface area contributed by atoms with E-state index < -0.39 is 17.4 Å². The van der Waals surface area contributed by atoms with Crippen molar-refractivity contribution in [2.75, 3.05) is 0 Å². The highest BCUT2D eigenvalue weighted by Gasteiger charge is 2.40. The molecule has 0 aliphatic carbocycles. The zero-order chi connectivity index (χ0) is 24.2. The summed E-state index contributed by atoms with van der Waals surface area (Å²) in [6.45, 7) is 8.89. The molecule has 190 valence electrons. The van der Waals surface area contributed by atoms with Gasteiger partial charge in [0.1, 0.15) is 0 Å². The molecule has 0 fully saturated rings. The Bertz CT molecular complexity index is 456. The third-order valence-corrected chi connectivity index (χ3v) is 7.45. The molecular formula is C28H54O4. The van der Waals surface area contributed by atoms with Crippen LogP contribution in [0, 0.1) is 17.3 Å². The molecule has 0 aliphatic rings. The number of aliphatic carboxylic acids is 2. The first-order valence-corrected chi connectivity index (χ1v) is 13.8. The molecule has 2 atom stereocenters. The molecule has 0 spiro atoms. The number of rotatable bonds is 23. The first kappa shape index (κ1) is 30.9. The molecule has 0 saturated heterocycles. The van der Waals surface area contributed by atoms with Gasteiger partial charge in [-0.3, -0.25) is 9.59 Å². The molecule has 4 nitrogen and oxygen atoms in total. The molecule has 0 aromatic rings. The van der Waals surface area contributed by atoms with Gasteiger partial charge in [0, 0.05) is 6.42 Å². The third kappa shape index (κ3) is 14.2. The molecule has 0 rings (SSSR count). The van der Waals surface area contributed by atoms with Crippen LogP contribution in [0.1, 0.15) is 150 Å². The summed E-state index contributed by atoms with van der Waals surface area (Å²) in [5.41, 5.74) is -0.565. The van der Waals surface area contributed by atoms with Crippen molar-refractivity contribution in [3.05, 3.63) is 0 Å². The molecule has 0 radical (unpaired) electrons. The van der Waals surface area contributed by atoms with Crippen molar-refractivity contribution < 1.29 is 19.8 Å². The first-order valence-electron chi connectivity index (χ1n) is 13.8. The van der Waals surface area contributed by atoms with E-state index in [9.17, 15) is 14.7 Å². The van der Waals surface area contributed by atoms with E-state index in [1.807, 2.05) is 0 Å². The van der Waals surface area contributed by atoms with Gasteiger partial charge in [-0.1, -0.05) is 118 Å². The number of hydrogen-bond acceptors (Lipinski definition) is 2. The normalized spacial score (nSPS) is 15.2. The van der Waals surface area contributed by atoms with Gasteiger partial charge in [-0.2, -0.15) is 0 Å². The van der Waals surface area contributed by atoms with E-state index in [0.29, 0.717) is 11.8 Å². The lowest BCUT2D eigenvalue weighted by Gasteiger charge is -2.36. The number of carboxylic acid groups (broad SMARTS) is 2. The van der Waals surface area contributed by atoms with Crippen LogP contribution in [-0.2, 0) is 9.59 Å². The number of unbranched alkanes of at least 4 members (excludes halogenated alkanes) is 8. The van der Waals surface area contributed by atoms with Gasteiger partial charge in [0.2, 0.25) is 0 Å². The van der Waals surface area contributed by atoms with Crippen LogP contribution in [0.4, 0.5) is 0 Å². The molecular weight excluding hydrogens is 400 g/mol. The van der Waals surface area contributed by atoms with E-state index in [2.05, 4.69) is 27.7 Å². The van der Waals surface area contributed by atoms with E-state index in [1.54, 1.807) is 0 Å². The highest BCUT2D eigenvalue weighted by atomic mass is 16.4. The largest absolute Gasteiger partial charge is 0.481 e. The third-order valence-electron chi connectivity index (χ3n) is 7.45. The molecule has 0 bridgehead atoms. The highest BCUT2D eigenvalue weighted by molar-refractivity contribution is 5.74. The van der Waals surface area contributed by atoms with Gasteiger partial charge in [0.25, 0.3) is 0 Å². The Kier molecular flexibility index (Phi) is 18.8. The second kappa shape index (κ2) is 19.4. The van der Waals surface area contributed by atoms with Crippen LogP contribution in [0.5, 0.6) is 0 Å². The minimum Gasteiger partial charge on any atom is -0.481 e. The molecule has 2 unspecified atom stereocenters. The van der Waals surface area contributed by atoms with E-state index in [0.717, 1.165) is 89.9 Å². The predicted molar refractivity (Wildman–Crippen MR) is 135 cm³/mol. The maximum Gasteiger partial charge on any atom is 0.309 e. The summed E-state index contributed by atoms with van der Waals surface area (Å²) < 4.78 is 0. The average Bonchev–Trinajstić information content (AvgIpc) is 2.77. The van der Waals surface area contributed by atoms with Crippen molar-refractivity contribution >= 4 is 11.9 Å². The van der Waals surface area contributed by atoms with Crippen molar-refractivity contribution in [1.82, 2.24) is 0 Å². The Balaban J connectivity index is 4.93. The smallest absolute Gasteiger partial charge is 0.309 e. The lowest BCUT2D eigenvalue weighted by Crippen LogP contribution is -2.36. The molecule has 0 aromatic carbocycles. The monoisotopic (exact) mass is 454 g/mol. The molecule has 32 heavy (non-hydrogen) atoms. The maximum atomic E-state index is 12.7. The zero-order valence-corrected chi connectivity index (χ0v) is 21.8. The lowest BCUT2D eigenvalue weighted by atomic mass is 9.67. The van der Waals surface area contributed by atoms with Gasteiger partial charge < -0.3 is 10.2 Å². The minimum atomic E-state index is -0.705. The molecule has 2 N–H and O–H groups in total. The molecule has 0 saturated carbocycles. The van der Waals surface area contributed by atoms with E-state index in [4.69, 9.17) is 5.11 Å². The SMILES string of the molecule is CCCCC(CC)CC(CCCCCCCCCC(=O)O)(CC(CC)CCCC)C(=O)O. The van der Waals surface area contributed by atoms with Crippen LogP contribution >= 0.6 is 0 Å². The lowest BCUT2D eigenvalue weighted by molar-refractivity contribution is -0.152. The van der Waals surface area contributed by atoms with E-state index in [1.165, 1.54) is 25.7 Å². The summed E-state index contributed by atoms with van der Waals surface area (Å²) in [6, 6.07) is 0. The quantitative estimate of drug-likeness (QED) is 0.151. The van der Waals surface area contributed by atoms with Crippen molar-refractivity contribution in [2.24, 2.45) is 17.3 Å². The Labute approximate surface area is 199 Å². The van der Waals surface area contributed by atoms with Gasteiger partial charge in [-0.25, -0.2) is 0 Å². The fraction of sp³-hybridized carbons (Fsp3) is 0.929. The second-order valence-corrected chi connectivity index (χ2v) is 10.2. The summed E-state index contributed by atoms with van der Waals surface area (Å²) >= 11 is 0. The van der Waals surface area contributed by atoms with Crippen LogP contribution in [0.25, 0.3) is 0 Å². The fourth-order valence-electron chi connectivity index (χ4n) is 5.18. The molecule has 0 amide bonds. The van der Waals surface area contributed by atoms with Crippen LogP contribution in [0.2, 0.25) is 0 Å². The van der Waals surface area contributed by atoms with Crippen molar-refractivity contribution in [3.8, 4) is 0 Å². The topological polar surface area (TPSA) is 74.6 Å². The van der Waals surface area contributed by atoms with Gasteiger partial charge >= 0.3 is 11.9 Å². The van der Waals surface area contributed by atoms with E-state index in [-0.39, 0.29) is 6.42 Å². The predicted octanol–water partition coefficient (Wildman–Crippen LogP) is 8.87. The van der Waals surface area contributed by atoms with Gasteiger partial charge in [-0.05, 0) is 37.5 Å². The second-order valence-electron chi connectivity index (χ2n) is 10.2. The van der Waals surface area contributed by atoms with Crippen LogP contribution in [0.15, 0.2) is 0 Å². The maximum absolute atomic E-state index is 12.7. The summed E-state index contributed by atoms with van der Waals surface area (Å²) in [5, 5.41) is 19.2. The number of hydrogen-bond donors (Lipinski definition) is 2. The minimum absolute atomic E-state index is 0.272. The van der Waals surface area contributed by atoms with Crippen LogP contribution < -0.4 is 0 Å². The summed E-state index contributed by atoms with van der Waals surface area (Å²) in [5.74, 6) is -0.229. The van der Waals surface area contributed by atoms with Gasteiger partial charge in [-0.15, -0.1) is 0 Å². The summed E-state index contributed by atoms with van der Waals surface area (Å²) in [4.78, 5) is 23.3. The van der Waals surface area contributed by atoms with Crippen molar-refractivity contribution in [2.45, 2.75) is 150 Å². The molecule has 0 aliphatic heterocycles. The summed E-state index contributed by atoms with van der Waals surface area (Å²) in [7, 11) is 0. The van der Waals surface area contributed by atoms with E-state index >= 15 is 0 Å². The zero-order valence-electron chi connectivity index (χ0n) is 21.8. The standard InChI is InChI=1S/C28H54O4/c1-5-9-18-24(7-3)22-28(27(31)32,23-25(8-4)19-10-6-2)21-17-15-13-11-12-14-16-20-26(29)30/h24-25H,5-23H2,1-4H3,(H,29,30)(H,31,32). The van der Waals surface area contributed by atoms with Crippen LogP contribution in [0.3, 0.4) is 0 Å². The van der Waals surface area contributed by atoms with Crippen molar-refractivity contribution in [1.29, 1.82) is 0 Å². The Hall–Kier alpha value is -1.06. The van der Waals surface area contributed by atoms with Crippen molar-refractivity contribution in [3.63, 3.8) is 0 Å². The Morgan fingerprint density at radius 3 is 1.47 bits per heavy atom. The first-order chi connectivity index (χ1) is 15.3. The number of carbonyl (C=O) groups is 2. The summed E-state index contributed by atoms with van der Waals surface area (Å²) in [6.07, 6.45) is 19.2. The van der Waals surface area contributed by atoms with Gasteiger partial charge in [0.05, 0.1) is 5.41 Å². The molecule has 0 heterocycles. The highest BCUT2D eigenvalue weighted by Crippen LogP contribution is 2.43. The molecule has 4 heteroatoms. The number of carboxylic acids is 2. The Morgan fingerprint density at radius 1 is 0.656 bits per heavy atom. The van der Waals surface area contributed by atoms with Gasteiger partial charge in [0.15, 0.2) is 0 Å². The molecule has 0 aromatic heterocycles. The average molecular weight is 455 g/mol.